The topological polar surface area (TPSA) is 30.0 Å². The van der Waals surface area contributed by atoms with Gasteiger partial charge in [0.25, 0.3) is 0 Å². The molecule has 0 saturated carbocycles. The summed E-state index contributed by atoms with van der Waals surface area (Å²) < 4.78 is 0. The highest BCUT2D eigenvalue weighted by molar-refractivity contribution is 7.14. The first-order valence-electron chi connectivity index (χ1n) is 5.37. The number of fused-ring (bicyclic) bond motifs is 1. The Morgan fingerprint density at radius 1 is 1.38 bits per heavy atom. The molecule has 0 fully saturated rings. The number of aryl methyl sites for hydroxylation is 1. The lowest BCUT2D eigenvalue weighted by Gasteiger charge is -2.06. The van der Waals surface area contributed by atoms with E-state index in [4.69, 9.17) is 0 Å². The Kier molecular flexibility index (Phi) is 2.61. The van der Waals surface area contributed by atoms with E-state index in [1.807, 2.05) is 0 Å². The molecule has 16 heavy (non-hydrogen) atoms. The SMILES string of the molecule is O=C1CCCc2nc(Cc3cccs3)sc21. The van der Waals surface area contributed by atoms with Crippen LogP contribution in [0.25, 0.3) is 0 Å². The molecule has 0 amide bonds. The van der Waals surface area contributed by atoms with Crippen LogP contribution in [-0.2, 0) is 12.8 Å². The fourth-order valence-electron chi connectivity index (χ4n) is 1.96. The summed E-state index contributed by atoms with van der Waals surface area (Å²) in [6, 6.07) is 4.17. The number of nitrogens with zero attached hydrogens (tertiary/aromatic N) is 1. The highest BCUT2D eigenvalue weighted by atomic mass is 32.1. The third-order valence-corrected chi connectivity index (χ3v) is 4.73. The Hall–Kier alpha value is -1.00. The maximum Gasteiger partial charge on any atom is 0.174 e. The molecule has 0 spiro atoms. The van der Waals surface area contributed by atoms with E-state index >= 15 is 0 Å². The van der Waals surface area contributed by atoms with Gasteiger partial charge in [-0.2, -0.15) is 0 Å². The van der Waals surface area contributed by atoms with Crippen LogP contribution in [0.5, 0.6) is 0 Å². The Labute approximate surface area is 102 Å². The fraction of sp³-hybridized carbons (Fsp3) is 0.333. The van der Waals surface area contributed by atoms with Crippen molar-refractivity contribution >= 4 is 28.5 Å². The standard InChI is InChI=1S/C12H11NOS2/c14-10-5-1-4-9-12(10)16-11(13-9)7-8-3-2-6-15-8/h2-3,6H,1,4-5,7H2. The van der Waals surface area contributed by atoms with E-state index in [0.717, 1.165) is 34.8 Å². The molecule has 0 radical (unpaired) electrons. The lowest BCUT2D eigenvalue weighted by molar-refractivity contribution is 0.0976. The molecular formula is C12H11NOS2. The monoisotopic (exact) mass is 249 g/mol. The van der Waals surface area contributed by atoms with Gasteiger partial charge in [-0.25, -0.2) is 4.98 Å². The average molecular weight is 249 g/mol. The zero-order valence-electron chi connectivity index (χ0n) is 8.73. The first kappa shape index (κ1) is 10.2. The van der Waals surface area contributed by atoms with Crippen molar-refractivity contribution in [2.24, 2.45) is 0 Å². The smallest absolute Gasteiger partial charge is 0.174 e. The molecule has 0 aromatic carbocycles. The van der Waals surface area contributed by atoms with Crippen LogP contribution < -0.4 is 0 Å². The molecular weight excluding hydrogens is 238 g/mol. The van der Waals surface area contributed by atoms with E-state index < -0.39 is 0 Å². The number of carbonyl (C=O) groups is 1. The number of carbonyl (C=O) groups excluding carboxylic acids is 1. The van der Waals surface area contributed by atoms with Gasteiger partial charge in [-0.1, -0.05) is 6.07 Å². The molecule has 2 heterocycles. The lowest BCUT2D eigenvalue weighted by atomic mass is 10.0. The van der Waals surface area contributed by atoms with E-state index in [0.29, 0.717) is 6.42 Å². The molecule has 0 atom stereocenters. The van der Waals surface area contributed by atoms with Crippen LogP contribution in [0.3, 0.4) is 0 Å². The fourth-order valence-corrected chi connectivity index (χ4v) is 3.86. The van der Waals surface area contributed by atoms with Gasteiger partial charge in [0.05, 0.1) is 15.6 Å². The predicted molar refractivity (Wildman–Crippen MR) is 66.5 cm³/mol. The quantitative estimate of drug-likeness (QED) is 0.817. The van der Waals surface area contributed by atoms with Crippen molar-refractivity contribution in [1.82, 2.24) is 4.98 Å². The van der Waals surface area contributed by atoms with Gasteiger partial charge in [0.2, 0.25) is 0 Å². The second kappa shape index (κ2) is 4.11. The third-order valence-electron chi connectivity index (χ3n) is 2.72. The molecule has 3 rings (SSSR count). The number of hydrogen-bond acceptors (Lipinski definition) is 4. The zero-order valence-corrected chi connectivity index (χ0v) is 10.4. The van der Waals surface area contributed by atoms with Crippen LogP contribution in [0.4, 0.5) is 0 Å². The van der Waals surface area contributed by atoms with Crippen LogP contribution >= 0.6 is 22.7 Å². The summed E-state index contributed by atoms with van der Waals surface area (Å²) in [4.78, 5) is 18.5. The van der Waals surface area contributed by atoms with Crippen molar-refractivity contribution in [3.05, 3.63) is 38.0 Å². The molecule has 0 saturated heterocycles. The molecule has 2 aromatic heterocycles. The summed E-state index contributed by atoms with van der Waals surface area (Å²) in [5.41, 5.74) is 1.04. The van der Waals surface area contributed by atoms with E-state index in [-0.39, 0.29) is 5.78 Å². The van der Waals surface area contributed by atoms with Crippen LogP contribution in [0.15, 0.2) is 17.5 Å². The predicted octanol–water partition coefficient (Wildman–Crippen LogP) is 3.31. The second-order valence-corrected chi connectivity index (χ2v) is 6.03. The Morgan fingerprint density at radius 3 is 3.06 bits per heavy atom. The molecule has 82 valence electrons. The van der Waals surface area contributed by atoms with Crippen molar-refractivity contribution in [3.8, 4) is 0 Å². The third kappa shape index (κ3) is 1.83. The van der Waals surface area contributed by atoms with Crippen LogP contribution in [0.2, 0.25) is 0 Å². The maximum atomic E-state index is 11.7. The molecule has 4 heteroatoms. The minimum absolute atomic E-state index is 0.288. The summed E-state index contributed by atoms with van der Waals surface area (Å²) in [5, 5.41) is 3.16. The number of thiazole rings is 1. The number of thiophene rings is 1. The van der Waals surface area contributed by atoms with Crippen molar-refractivity contribution in [3.63, 3.8) is 0 Å². The normalized spacial score (nSPS) is 15.1. The number of aromatic nitrogens is 1. The summed E-state index contributed by atoms with van der Waals surface area (Å²) in [6.07, 6.45) is 3.52. The van der Waals surface area contributed by atoms with E-state index in [2.05, 4.69) is 22.5 Å². The van der Waals surface area contributed by atoms with Crippen molar-refractivity contribution < 1.29 is 4.79 Å². The van der Waals surface area contributed by atoms with Crippen LogP contribution in [0, 0.1) is 0 Å². The Morgan fingerprint density at radius 2 is 2.31 bits per heavy atom. The lowest BCUT2D eigenvalue weighted by Crippen LogP contribution is -2.07. The highest BCUT2D eigenvalue weighted by Crippen LogP contribution is 2.28. The summed E-state index contributed by atoms with van der Waals surface area (Å²) >= 11 is 3.33. The van der Waals surface area contributed by atoms with Gasteiger partial charge in [-0.05, 0) is 24.3 Å². The Balaban J connectivity index is 1.89. The highest BCUT2D eigenvalue weighted by Gasteiger charge is 2.21. The molecule has 0 N–H and O–H groups in total. The van der Waals surface area contributed by atoms with Gasteiger partial charge in [-0.3, -0.25) is 4.79 Å². The van der Waals surface area contributed by atoms with E-state index in [9.17, 15) is 4.79 Å². The molecule has 0 unspecified atom stereocenters. The molecule has 2 nitrogen and oxygen atoms in total. The number of ketones is 1. The van der Waals surface area contributed by atoms with Crippen LogP contribution in [-0.4, -0.2) is 10.8 Å². The number of hydrogen-bond donors (Lipinski definition) is 0. The zero-order chi connectivity index (χ0) is 11.0. The minimum Gasteiger partial charge on any atom is -0.293 e. The maximum absolute atomic E-state index is 11.7. The van der Waals surface area contributed by atoms with Crippen molar-refractivity contribution in [2.45, 2.75) is 25.7 Å². The summed E-state index contributed by atoms with van der Waals surface area (Å²) in [7, 11) is 0. The van der Waals surface area contributed by atoms with Gasteiger partial charge in [0.1, 0.15) is 0 Å². The van der Waals surface area contributed by atoms with E-state index in [1.54, 1.807) is 22.7 Å². The molecule has 2 aromatic rings. The largest absolute Gasteiger partial charge is 0.293 e. The summed E-state index contributed by atoms with van der Waals surface area (Å²) in [5.74, 6) is 0.288. The average Bonchev–Trinajstić information content (AvgIpc) is 2.88. The van der Waals surface area contributed by atoms with E-state index in [1.165, 1.54) is 4.88 Å². The van der Waals surface area contributed by atoms with Gasteiger partial charge < -0.3 is 0 Å². The number of Topliss-reactive ketones (excluding diaryl/α,β-unsaturated/α-hetero) is 1. The summed E-state index contributed by atoms with van der Waals surface area (Å²) in [6.45, 7) is 0. The van der Waals surface area contributed by atoms with Crippen molar-refractivity contribution in [1.29, 1.82) is 0 Å². The van der Waals surface area contributed by atoms with Gasteiger partial charge in [-0.15, -0.1) is 22.7 Å². The van der Waals surface area contributed by atoms with Gasteiger partial charge in [0.15, 0.2) is 5.78 Å². The second-order valence-electron chi connectivity index (χ2n) is 3.92. The van der Waals surface area contributed by atoms with Crippen LogP contribution in [0.1, 0.15) is 38.1 Å². The first-order valence-corrected chi connectivity index (χ1v) is 7.07. The molecule has 1 aliphatic carbocycles. The van der Waals surface area contributed by atoms with Gasteiger partial charge >= 0.3 is 0 Å². The molecule has 0 bridgehead atoms. The molecule has 0 aliphatic heterocycles. The van der Waals surface area contributed by atoms with Crippen molar-refractivity contribution in [2.75, 3.05) is 0 Å². The first-order chi connectivity index (χ1) is 7.83. The minimum atomic E-state index is 0.288. The van der Waals surface area contributed by atoms with Gasteiger partial charge in [0, 0.05) is 17.7 Å². The number of rotatable bonds is 2. The Bertz CT molecular complexity index is 513. The molecule has 1 aliphatic rings.